The fourth-order valence-electron chi connectivity index (χ4n) is 3.48. The number of amides is 1. The molecule has 1 fully saturated rings. The molecular weight excluding hydrogens is 406 g/mol. The maximum absolute atomic E-state index is 12.9. The number of anilines is 1. The molecule has 0 bridgehead atoms. The van der Waals surface area contributed by atoms with Crippen LogP contribution in [0.4, 0.5) is 5.69 Å². The summed E-state index contributed by atoms with van der Waals surface area (Å²) in [5, 5.41) is 2.61. The Bertz CT molecular complexity index is 1040. The third-order valence-electron chi connectivity index (χ3n) is 5.12. The molecule has 8 nitrogen and oxygen atoms in total. The largest absolute Gasteiger partial charge is 0.454 e. The third kappa shape index (κ3) is 4.33. The van der Waals surface area contributed by atoms with Gasteiger partial charge in [-0.3, -0.25) is 9.69 Å². The first-order valence-electron chi connectivity index (χ1n) is 9.60. The molecule has 0 unspecified atom stereocenters. The molecule has 2 aliphatic heterocycles. The molecule has 0 radical (unpaired) electrons. The van der Waals surface area contributed by atoms with Gasteiger partial charge in [0.25, 0.3) is 0 Å². The van der Waals surface area contributed by atoms with E-state index in [1.54, 1.807) is 12.1 Å². The van der Waals surface area contributed by atoms with E-state index in [9.17, 15) is 13.2 Å². The van der Waals surface area contributed by atoms with Gasteiger partial charge in [-0.15, -0.1) is 0 Å². The minimum Gasteiger partial charge on any atom is -0.454 e. The van der Waals surface area contributed by atoms with E-state index >= 15 is 0 Å². The Morgan fingerprint density at radius 1 is 1.03 bits per heavy atom. The number of carbonyl (C=O) groups is 1. The van der Waals surface area contributed by atoms with Crippen LogP contribution in [0.3, 0.4) is 0 Å². The van der Waals surface area contributed by atoms with Gasteiger partial charge >= 0.3 is 0 Å². The minimum absolute atomic E-state index is 0.211. The number of piperazine rings is 1. The van der Waals surface area contributed by atoms with Gasteiger partial charge in [0.15, 0.2) is 11.5 Å². The van der Waals surface area contributed by atoms with Crippen molar-refractivity contribution < 1.29 is 22.7 Å². The zero-order chi connectivity index (χ0) is 21.1. The van der Waals surface area contributed by atoms with Crippen LogP contribution in [0, 0.1) is 0 Å². The molecule has 4 rings (SSSR count). The molecule has 1 saturated heterocycles. The van der Waals surface area contributed by atoms with Gasteiger partial charge in [0.2, 0.25) is 22.7 Å². The number of sulfonamides is 1. The summed E-state index contributed by atoms with van der Waals surface area (Å²) >= 11 is 0. The van der Waals surface area contributed by atoms with Crippen LogP contribution in [0.1, 0.15) is 5.56 Å². The van der Waals surface area contributed by atoms with Crippen molar-refractivity contribution >= 4 is 21.6 Å². The van der Waals surface area contributed by atoms with Crippen molar-refractivity contribution in [2.45, 2.75) is 11.4 Å². The van der Waals surface area contributed by atoms with Crippen LogP contribution in [-0.4, -0.2) is 56.5 Å². The van der Waals surface area contributed by atoms with Gasteiger partial charge in [-0.05, 0) is 48.0 Å². The molecule has 0 saturated carbocycles. The molecule has 1 N–H and O–H groups in total. The maximum atomic E-state index is 12.9. The monoisotopic (exact) mass is 429 g/mol. The van der Waals surface area contributed by atoms with E-state index in [1.165, 1.54) is 16.4 Å². The van der Waals surface area contributed by atoms with Crippen molar-refractivity contribution in [3.63, 3.8) is 0 Å². The van der Waals surface area contributed by atoms with E-state index in [0.717, 1.165) is 29.7 Å². The smallest absolute Gasteiger partial charge is 0.247 e. The second kappa shape index (κ2) is 8.47. The van der Waals surface area contributed by atoms with Gasteiger partial charge in [-0.2, -0.15) is 4.31 Å². The second-order valence-electron chi connectivity index (χ2n) is 7.09. The number of nitrogens with one attached hydrogen (secondary N) is 1. The van der Waals surface area contributed by atoms with Crippen molar-refractivity contribution in [3.05, 3.63) is 60.7 Å². The van der Waals surface area contributed by atoms with Crippen molar-refractivity contribution in [1.29, 1.82) is 0 Å². The van der Waals surface area contributed by atoms with Gasteiger partial charge in [-0.1, -0.05) is 12.6 Å². The van der Waals surface area contributed by atoms with Crippen LogP contribution in [-0.2, 0) is 21.4 Å². The summed E-state index contributed by atoms with van der Waals surface area (Å²) in [6, 6.07) is 12.0. The SMILES string of the molecule is C=CC(=O)Nc1ccc(S(=O)(=O)N2CCN(Cc3ccc4c(c3)OCO4)CC2)cc1. The molecule has 0 aliphatic carbocycles. The quantitative estimate of drug-likeness (QED) is 0.707. The highest BCUT2D eigenvalue weighted by Crippen LogP contribution is 2.33. The Balaban J connectivity index is 1.35. The van der Waals surface area contributed by atoms with Crippen LogP contribution in [0.15, 0.2) is 60.0 Å². The van der Waals surface area contributed by atoms with Crippen LogP contribution < -0.4 is 14.8 Å². The molecule has 1 amide bonds. The summed E-state index contributed by atoms with van der Waals surface area (Å²) in [7, 11) is -3.58. The molecular formula is C21H23N3O5S. The normalized spacial score (nSPS) is 16.9. The van der Waals surface area contributed by atoms with E-state index in [-0.39, 0.29) is 17.6 Å². The Hall–Kier alpha value is -2.88. The molecule has 0 atom stereocenters. The number of fused-ring (bicyclic) bond motifs is 1. The highest BCUT2D eigenvalue weighted by atomic mass is 32.2. The molecule has 0 aromatic heterocycles. The maximum Gasteiger partial charge on any atom is 0.247 e. The number of rotatable bonds is 6. The van der Waals surface area contributed by atoms with E-state index < -0.39 is 10.0 Å². The molecule has 2 aromatic rings. The highest BCUT2D eigenvalue weighted by Gasteiger charge is 2.28. The van der Waals surface area contributed by atoms with Crippen LogP contribution in [0.25, 0.3) is 0 Å². The topological polar surface area (TPSA) is 88.2 Å². The lowest BCUT2D eigenvalue weighted by atomic mass is 10.2. The Morgan fingerprint density at radius 3 is 2.43 bits per heavy atom. The number of hydrogen-bond donors (Lipinski definition) is 1. The standard InChI is InChI=1S/C21H23N3O5S/c1-2-21(25)22-17-4-6-18(7-5-17)30(26,27)24-11-9-23(10-12-24)14-16-3-8-19-20(13-16)29-15-28-19/h2-8,13H,1,9-12,14-15H2,(H,22,25). The average Bonchev–Trinajstić information content (AvgIpc) is 3.22. The molecule has 2 aliphatic rings. The first kappa shape index (κ1) is 20.4. The first-order chi connectivity index (χ1) is 14.5. The van der Waals surface area contributed by atoms with Crippen molar-refractivity contribution in [3.8, 4) is 11.5 Å². The zero-order valence-corrected chi connectivity index (χ0v) is 17.2. The van der Waals surface area contributed by atoms with Gasteiger partial charge in [0, 0.05) is 38.4 Å². The Labute approximate surface area is 175 Å². The minimum atomic E-state index is -3.58. The number of nitrogens with zero attached hydrogens (tertiary/aromatic N) is 2. The summed E-state index contributed by atoms with van der Waals surface area (Å²) in [5.74, 6) is 1.16. The van der Waals surface area contributed by atoms with Crippen molar-refractivity contribution in [2.24, 2.45) is 0 Å². The summed E-state index contributed by atoms with van der Waals surface area (Å²) in [6.45, 7) is 6.48. The molecule has 2 aromatic carbocycles. The Morgan fingerprint density at radius 2 is 1.73 bits per heavy atom. The zero-order valence-electron chi connectivity index (χ0n) is 16.4. The van der Waals surface area contributed by atoms with E-state index in [0.29, 0.717) is 31.9 Å². The van der Waals surface area contributed by atoms with E-state index in [1.807, 2.05) is 18.2 Å². The van der Waals surface area contributed by atoms with E-state index in [4.69, 9.17) is 9.47 Å². The number of benzene rings is 2. The average molecular weight is 429 g/mol. The molecule has 2 heterocycles. The molecule has 0 spiro atoms. The number of ether oxygens (including phenoxy) is 2. The predicted octanol–water partition coefficient (Wildman–Crippen LogP) is 2.05. The van der Waals surface area contributed by atoms with Gasteiger partial charge in [0.05, 0.1) is 4.90 Å². The fraction of sp³-hybridized carbons (Fsp3) is 0.286. The van der Waals surface area contributed by atoms with E-state index in [2.05, 4.69) is 16.8 Å². The summed E-state index contributed by atoms with van der Waals surface area (Å²) in [5.41, 5.74) is 1.63. The fourth-order valence-corrected chi connectivity index (χ4v) is 4.90. The second-order valence-corrected chi connectivity index (χ2v) is 9.02. The predicted molar refractivity (Wildman–Crippen MR) is 112 cm³/mol. The summed E-state index contributed by atoms with van der Waals surface area (Å²) < 4.78 is 38.1. The Kier molecular flexibility index (Phi) is 5.76. The lowest BCUT2D eigenvalue weighted by molar-refractivity contribution is -0.111. The van der Waals surface area contributed by atoms with Crippen LogP contribution >= 0.6 is 0 Å². The molecule has 30 heavy (non-hydrogen) atoms. The van der Waals surface area contributed by atoms with Crippen LogP contribution in [0.5, 0.6) is 11.5 Å². The summed E-state index contributed by atoms with van der Waals surface area (Å²) in [6.07, 6.45) is 1.16. The number of hydrogen-bond acceptors (Lipinski definition) is 6. The van der Waals surface area contributed by atoms with Gasteiger partial charge in [0.1, 0.15) is 0 Å². The summed E-state index contributed by atoms with van der Waals surface area (Å²) in [4.78, 5) is 13.8. The third-order valence-corrected chi connectivity index (χ3v) is 7.03. The first-order valence-corrected chi connectivity index (χ1v) is 11.0. The van der Waals surface area contributed by atoms with Gasteiger partial charge < -0.3 is 14.8 Å². The van der Waals surface area contributed by atoms with Crippen molar-refractivity contribution in [1.82, 2.24) is 9.21 Å². The molecule has 9 heteroatoms. The lowest BCUT2D eigenvalue weighted by Crippen LogP contribution is -2.48. The highest BCUT2D eigenvalue weighted by molar-refractivity contribution is 7.89. The van der Waals surface area contributed by atoms with Crippen LogP contribution in [0.2, 0.25) is 0 Å². The molecule has 158 valence electrons. The number of carbonyl (C=O) groups excluding carboxylic acids is 1. The van der Waals surface area contributed by atoms with Crippen molar-refractivity contribution in [2.75, 3.05) is 38.3 Å². The van der Waals surface area contributed by atoms with Gasteiger partial charge in [-0.25, -0.2) is 8.42 Å². The lowest BCUT2D eigenvalue weighted by Gasteiger charge is -2.34.